The molecule has 0 bridgehead atoms. The Balaban J connectivity index is 0.00000256. The molecule has 0 saturated heterocycles. The molecular formula is C23H28Cl2FN3O. The molecule has 2 N–H and O–H groups in total. The van der Waals surface area contributed by atoms with Crippen LogP contribution < -0.4 is 10.6 Å². The van der Waals surface area contributed by atoms with Crippen molar-refractivity contribution in [3.05, 3.63) is 57.5 Å². The molecule has 2 aliphatic carbocycles. The Bertz CT molecular complexity index is 914. The maximum absolute atomic E-state index is 13.3. The van der Waals surface area contributed by atoms with E-state index in [0.717, 1.165) is 44.3 Å². The van der Waals surface area contributed by atoms with E-state index in [1.807, 2.05) is 0 Å². The molecular weight excluding hydrogens is 424 g/mol. The van der Waals surface area contributed by atoms with Crippen molar-refractivity contribution >= 4 is 35.7 Å². The van der Waals surface area contributed by atoms with Gasteiger partial charge in [0.25, 0.3) is 5.91 Å². The van der Waals surface area contributed by atoms with Gasteiger partial charge in [-0.15, -0.1) is 12.4 Å². The van der Waals surface area contributed by atoms with Crippen LogP contribution in [0.3, 0.4) is 0 Å². The molecule has 1 aromatic heterocycles. The lowest BCUT2D eigenvalue weighted by molar-refractivity contribution is 0.0926. The number of halogens is 3. The number of rotatable bonds is 4. The van der Waals surface area contributed by atoms with E-state index >= 15 is 0 Å². The molecule has 0 aliphatic heterocycles. The number of nitrogens with one attached hydrogen (secondary N) is 2. The van der Waals surface area contributed by atoms with E-state index in [4.69, 9.17) is 16.6 Å². The lowest BCUT2D eigenvalue weighted by atomic mass is 9.90. The predicted molar refractivity (Wildman–Crippen MR) is 121 cm³/mol. The van der Waals surface area contributed by atoms with Crippen LogP contribution in [0.4, 0.5) is 10.2 Å². The standard InChI is InChI=1S/C23H27ClFN3O.ClH/c1-14-12-22(28-21-5-3-2-4-18(14)21)26-16-7-9-17(10-8-16)27-23(29)15-6-11-20(25)19(24)13-15;/h6,11-13,16-17H,2-5,7-10H2,1H3,(H,26,28)(H,27,29);1H. The van der Waals surface area contributed by atoms with Crippen molar-refractivity contribution < 1.29 is 9.18 Å². The van der Waals surface area contributed by atoms with Gasteiger partial charge in [-0.05, 0) is 93.7 Å². The predicted octanol–water partition coefficient (Wildman–Crippen LogP) is 5.64. The molecule has 0 unspecified atom stereocenters. The number of hydrogen-bond acceptors (Lipinski definition) is 3. The summed E-state index contributed by atoms with van der Waals surface area (Å²) in [5.74, 6) is 0.271. The summed E-state index contributed by atoms with van der Waals surface area (Å²) in [6.45, 7) is 2.19. The van der Waals surface area contributed by atoms with E-state index in [-0.39, 0.29) is 29.4 Å². The van der Waals surface area contributed by atoms with Gasteiger partial charge in [0, 0.05) is 23.3 Å². The second-order valence-electron chi connectivity index (χ2n) is 8.25. The van der Waals surface area contributed by atoms with Gasteiger partial charge >= 0.3 is 0 Å². The maximum atomic E-state index is 13.3. The number of carbonyl (C=O) groups excluding carboxylic acids is 1. The van der Waals surface area contributed by atoms with Crippen molar-refractivity contribution in [2.45, 2.75) is 70.4 Å². The van der Waals surface area contributed by atoms with Crippen molar-refractivity contribution in [3.63, 3.8) is 0 Å². The molecule has 1 amide bonds. The molecule has 0 radical (unpaired) electrons. The number of benzene rings is 1. The Kier molecular flexibility index (Phi) is 7.59. The van der Waals surface area contributed by atoms with Gasteiger partial charge < -0.3 is 10.6 Å². The van der Waals surface area contributed by atoms with Gasteiger partial charge in [-0.3, -0.25) is 4.79 Å². The summed E-state index contributed by atoms with van der Waals surface area (Å²) in [5, 5.41) is 6.63. The average molecular weight is 452 g/mol. The zero-order chi connectivity index (χ0) is 20.4. The summed E-state index contributed by atoms with van der Waals surface area (Å²) in [6, 6.07) is 6.75. The molecule has 2 aromatic rings. The van der Waals surface area contributed by atoms with Gasteiger partial charge in [-0.25, -0.2) is 9.37 Å². The summed E-state index contributed by atoms with van der Waals surface area (Å²) in [6.07, 6.45) is 8.50. The zero-order valence-corrected chi connectivity index (χ0v) is 18.7. The Morgan fingerprint density at radius 3 is 2.53 bits per heavy atom. The van der Waals surface area contributed by atoms with Crippen LogP contribution >= 0.6 is 24.0 Å². The Morgan fingerprint density at radius 1 is 1.10 bits per heavy atom. The molecule has 162 valence electrons. The third kappa shape index (κ3) is 5.25. The summed E-state index contributed by atoms with van der Waals surface area (Å²) >= 11 is 5.78. The molecule has 7 heteroatoms. The molecule has 2 aliphatic rings. The van der Waals surface area contributed by atoms with E-state index in [1.165, 1.54) is 47.9 Å². The van der Waals surface area contributed by atoms with Crippen LogP contribution in [0.25, 0.3) is 0 Å². The van der Waals surface area contributed by atoms with Crippen molar-refractivity contribution in [2.24, 2.45) is 0 Å². The summed E-state index contributed by atoms with van der Waals surface area (Å²) in [4.78, 5) is 17.3. The van der Waals surface area contributed by atoms with Crippen molar-refractivity contribution in [2.75, 3.05) is 5.32 Å². The number of carbonyl (C=O) groups is 1. The van der Waals surface area contributed by atoms with Crippen LogP contribution in [0.15, 0.2) is 24.3 Å². The lowest BCUT2D eigenvalue weighted by Gasteiger charge is -2.30. The minimum Gasteiger partial charge on any atom is -0.367 e. The zero-order valence-electron chi connectivity index (χ0n) is 17.1. The SMILES string of the molecule is Cc1cc(NC2CCC(NC(=O)c3ccc(F)c(Cl)c3)CC2)nc2c1CCCC2.Cl. The van der Waals surface area contributed by atoms with Crippen LogP contribution in [0.5, 0.6) is 0 Å². The van der Waals surface area contributed by atoms with E-state index in [1.54, 1.807) is 0 Å². The van der Waals surface area contributed by atoms with Crippen LogP contribution in [0, 0.1) is 12.7 Å². The van der Waals surface area contributed by atoms with Crippen molar-refractivity contribution in [1.82, 2.24) is 10.3 Å². The van der Waals surface area contributed by atoms with Crippen LogP contribution in [0.1, 0.15) is 65.7 Å². The number of aryl methyl sites for hydroxylation is 2. The maximum Gasteiger partial charge on any atom is 0.251 e. The topological polar surface area (TPSA) is 54.0 Å². The van der Waals surface area contributed by atoms with Crippen LogP contribution in [-0.4, -0.2) is 23.0 Å². The number of anilines is 1. The highest BCUT2D eigenvalue weighted by molar-refractivity contribution is 6.31. The molecule has 1 saturated carbocycles. The van der Waals surface area contributed by atoms with Gasteiger partial charge in [0.2, 0.25) is 0 Å². The first kappa shape index (κ1) is 22.8. The van der Waals surface area contributed by atoms with E-state index < -0.39 is 5.82 Å². The molecule has 1 heterocycles. The first-order chi connectivity index (χ1) is 14.0. The normalized spacial score (nSPS) is 20.6. The first-order valence-electron chi connectivity index (χ1n) is 10.5. The summed E-state index contributed by atoms with van der Waals surface area (Å²) in [7, 11) is 0. The number of nitrogens with zero attached hydrogens (tertiary/aromatic N) is 1. The molecule has 4 rings (SSSR count). The number of pyridine rings is 1. The van der Waals surface area contributed by atoms with E-state index in [2.05, 4.69) is 23.6 Å². The Labute approximate surface area is 188 Å². The molecule has 0 spiro atoms. The van der Waals surface area contributed by atoms with Gasteiger partial charge in [-0.1, -0.05) is 11.6 Å². The fraction of sp³-hybridized carbons (Fsp3) is 0.478. The number of amides is 1. The minimum absolute atomic E-state index is 0. The smallest absolute Gasteiger partial charge is 0.251 e. The number of hydrogen-bond donors (Lipinski definition) is 2. The average Bonchev–Trinajstić information content (AvgIpc) is 2.71. The largest absolute Gasteiger partial charge is 0.367 e. The van der Waals surface area contributed by atoms with Crippen molar-refractivity contribution in [1.29, 1.82) is 0 Å². The second-order valence-corrected chi connectivity index (χ2v) is 8.66. The molecule has 1 fully saturated rings. The van der Waals surface area contributed by atoms with Crippen LogP contribution in [0.2, 0.25) is 5.02 Å². The first-order valence-corrected chi connectivity index (χ1v) is 10.9. The fourth-order valence-corrected chi connectivity index (χ4v) is 4.66. The van der Waals surface area contributed by atoms with Gasteiger partial charge in [0.15, 0.2) is 0 Å². The third-order valence-corrected chi connectivity index (χ3v) is 6.41. The number of fused-ring (bicyclic) bond motifs is 1. The fourth-order valence-electron chi connectivity index (χ4n) is 4.48. The molecule has 0 atom stereocenters. The monoisotopic (exact) mass is 451 g/mol. The second kappa shape index (κ2) is 9.97. The molecule has 30 heavy (non-hydrogen) atoms. The van der Waals surface area contributed by atoms with E-state index in [9.17, 15) is 9.18 Å². The molecule has 4 nitrogen and oxygen atoms in total. The Hall–Kier alpha value is -1.85. The van der Waals surface area contributed by atoms with E-state index in [0.29, 0.717) is 11.6 Å². The van der Waals surface area contributed by atoms with Crippen molar-refractivity contribution in [3.8, 4) is 0 Å². The quantitative estimate of drug-likeness (QED) is 0.632. The highest BCUT2D eigenvalue weighted by Gasteiger charge is 2.24. The number of aromatic nitrogens is 1. The van der Waals surface area contributed by atoms with Gasteiger partial charge in [-0.2, -0.15) is 0 Å². The van der Waals surface area contributed by atoms with Crippen LogP contribution in [-0.2, 0) is 12.8 Å². The Morgan fingerprint density at radius 2 is 1.80 bits per heavy atom. The molecule has 1 aromatic carbocycles. The minimum atomic E-state index is -0.513. The van der Waals surface area contributed by atoms with Gasteiger partial charge in [0.05, 0.1) is 5.02 Å². The summed E-state index contributed by atoms with van der Waals surface area (Å²) in [5.41, 5.74) is 4.44. The summed E-state index contributed by atoms with van der Waals surface area (Å²) < 4.78 is 13.3. The highest BCUT2D eigenvalue weighted by atomic mass is 35.5. The lowest BCUT2D eigenvalue weighted by Crippen LogP contribution is -2.40. The third-order valence-electron chi connectivity index (χ3n) is 6.12. The van der Waals surface area contributed by atoms with Gasteiger partial charge in [0.1, 0.15) is 11.6 Å². The highest BCUT2D eigenvalue weighted by Crippen LogP contribution is 2.27.